The monoisotopic (exact) mass is 422 g/mol. The Morgan fingerprint density at radius 3 is 2.35 bits per heavy atom. The number of hydrogen-bond donors (Lipinski definition) is 1. The van der Waals surface area contributed by atoms with Crippen LogP contribution in [0.3, 0.4) is 0 Å². The summed E-state index contributed by atoms with van der Waals surface area (Å²) in [6.45, 7) is 0. The Kier molecular flexibility index (Phi) is 6.32. The van der Waals surface area contributed by atoms with Crippen molar-refractivity contribution in [1.29, 1.82) is 5.26 Å². The SMILES string of the molecule is N#Cc1cccc(-c2ccccc2Sc2ccc(NC(=O)Oc3ccccc3)cc2)c1. The predicted octanol–water partition coefficient (Wildman–Crippen LogP) is 6.99. The van der Waals surface area contributed by atoms with Gasteiger partial charge >= 0.3 is 6.09 Å². The van der Waals surface area contributed by atoms with E-state index in [0.717, 1.165) is 20.9 Å². The van der Waals surface area contributed by atoms with Crippen LogP contribution >= 0.6 is 11.8 Å². The van der Waals surface area contributed by atoms with Gasteiger partial charge in [-0.3, -0.25) is 5.32 Å². The first-order valence-electron chi connectivity index (χ1n) is 9.62. The molecule has 31 heavy (non-hydrogen) atoms. The van der Waals surface area contributed by atoms with Crippen molar-refractivity contribution in [2.75, 3.05) is 5.32 Å². The van der Waals surface area contributed by atoms with Crippen molar-refractivity contribution < 1.29 is 9.53 Å². The molecule has 0 saturated carbocycles. The first kappa shape index (κ1) is 20.3. The maximum absolute atomic E-state index is 12.1. The van der Waals surface area contributed by atoms with Crippen LogP contribution in [-0.2, 0) is 0 Å². The zero-order valence-corrected chi connectivity index (χ0v) is 17.3. The second kappa shape index (κ2) is 9.66. The molecule has 150 valence electrons. The average Bonchev–Trinajstić information content (AvgIpc) is 2.81. The van der Waals surface area contributed by atoms with Crippen LogP contribution in [-0.4, -0.2) is 6.09 Å². The van der Waals surface area contributed by atoms with E-state index in [1.165, 1.54) is 0 Å². The molecule has 4 aromatic rings. The highest BCUT2D eigenvalue weighted by molar-refractivity contribution is 7.99. The number of hydrogen-bond acceptors (Lipinski definition) is 4. The van der Waals surface area contributed by atoms with Crippen molar-refractivity contribution in [3.05, 3.63) is 109 Å². The molecule has 0 radical (unpaired) electrons. The zero-order valence-electron chi connectivity index (χ0n) is 16.5. The minimum absolute atomic E-state index is 0.490. The van der Waals surface area contributed by atoms with Gasteiger partial charge in [0.1, 0.15) is 5.75 Å². The van der Waals surface area contributed by atoms with Crippen molar-refractivity contribution in [3.8, 4) is 22.9 Å². The minimum atomic E-state index is -0.533. The summed E-state index contributed by atoms with van der Waals surface area (Å²) in [5.41, 5.74) is 3.36. The van der Waals surface area contributed by atoms with E-state index in [-0.39, 0.29) is 0 Å². The van der Waals surface area contributed by atoms with E-state index in [0.29, 0.717) is 17.0 Å². The quantitative estimate of drug-likeness (QED) is 0.377. The van der Waals surface area contributed by atoms with Gasteiger partial charge in [0.25, 0.3) is 0 Å². The van der Waals surface area contributed by atoms with Gasteiger partial charge in [-0.05, 0) is 65.7 Å². The lowest BCUT2D eigenvalue weighted by molar-refractivity contribution is 0.215. The van der Waals surface area contributed by atoms with Gasteiger partial charge in [0.05, 0.1) is 11.6 Å². The summed E-state index contributed by atoms with van der Waals surface area (Å²) in [6.07, 6.45) is -0.533. The van der Waals surface area contributed by atoms with E-state index in [4.69, 9.17) is 4.74 Å². The van der Waals surface area contributed by atoms with Crippen LogP contribution in [0.15, 0.2) is 113 Å². The van der Waals surface area contributed by atoms with Crippen molar-refractivity contribution in [2.45, 2.75) is 9.79 Å². The normalized spacial score (nSPS) is 10.2. The molecule has 0 fully saturated rings. The highest BCUT2D eigenvalue weighted by Crippen LogP contribution is 2.36. The van der Waals surface area contributed by atoms with E-state index >= 15 is 0 Å². The van der Waals surface area contributed by atoms with E-state index in [9.17, 15) is 10.1 Å². The molecule has 0 saturated heterocycles. The molecule has 0 aromatic heterocycles. The summed E-state index contributed by atoms with van der Waals surface area (Å²) < 4.78 is 5.25. The summed E-state index contributed by atoms with van der Waals surface area (Å²) in [5, 5.41) is 11.9. The van der Waals surface area contributed by atoms with E-state index < -0.39 is 6.09 Å². The number of benzene rings is 4. The fourth-order valence-electron chi connectivity index (χ4n) is 3.02. The number of ether oxygens (including phenoxy) is 1. The predicted molar refractivity (Wildman–Crippen MR) is 123 cm³/mol. The molecule has 0 aliphatic heterocycles. The van der Waals surface area contributed by atoms with Gasteiger partial charge in [0, 0.05) is 15.5 Å². The second-order valence-corrected chi connectivity index (χ2v) is 7.76. The molecule has 0 heterocycles. The molecule has 0 unspecified atom stereocenters. The molecule has 0 bridgehead atoms. The number of para-hydroxylation sites is 1. The maximum Gasteiger partial charge on any atom is 0.417 e. The third kappa shape index (κ3) is 5.33. The summed E-state index contributed by atoms with van der Waals surface area (Å²) in [6, 6.07) is 34.4. The molecule has 0 aliphatic carbocycles. The zero-order chi connectivity index (χ0) is 21.5. The number of rotatable bonds is 5. The van der Waals surface area contributed by atoms with Crippen LogP contribution in [0.25, 0.3) is 11.1 Å². The summed E-state index contributed by atoms with van der Waals surface area (Å²) in [4.78, 5) is 14.2. The lowest BCUT2D eigenvalue weighted by Gasteiger charge is -2.11. The Labute approximate surface area is 185 Å². The van der Waals surface area contributed by atoms with E-state index in [2.05, 4.69) is 17.5 Å². The van der Waals surface area contributed by atoms with E-state index in [1.807, 2.05) is 78.9 Å². The van der Waals surface area contributed by atoms with Crippen molar-refractivity contribution in [3.63, 3.8) is 0 Å². The smallest absolute Gasteiger partial charge is 0.410 e. The first-order valence-corrected chi connectivity index (χ1v) is 10.4. The number of carbonyl (C=O) groups excluding carboxylic acids is 1. The van der Waals surface area contributed by atoms with Crippen LogP contribution in [0.5, 0.6) is 5.75 Å². The summed E-state index contributed by atoms with van der Waals surface area (Å²) in [5.74, 6) is 0.490. The Bertz CT molecular complexity index is 1230. The van der Waals surface area contributed by atoms with Crippen molar-refractivity contribution >= 4 is 23.5 Å². The number of carbonyl (C=O) groups is 1. The highest BCUT2D eigenvalue weighted by Gasteiger charge is 2.09. The van der Waals surface area contributed by atoms with Gasteiger partial charge in [0.2, 0.25) is 0 Å². The molecule has 4 rings (SSSR count). The summed E-state index contributed by atoms with van der Waals surface area (Å²) >= 11 is 1.63. The third-order valence-electron chi connectivity index (χ3n) is 4.47. The molecule has 5 heteroatoms. The third-order valence-corrected chi connectivity index (χ3v) is 5.56. The number of anilines is 1. The van der Waals surface area contributed by atoms with Gasteiger partial charge in [-0.1, -0.05) is 60.3 Å². The molecule has 4 nitrogen and oxygen atoms in total. The minimum Gasteiger partial charge on any atom is -0.410 e. The van der Waals surface area contributed by atoms with Crippen LogP contribution < -0.4 is 10.1 Å². The molecule has 1 N–H and O–H groups in total. The van der Waals surface area contributed by atoms with Crippen molar-refractivity contribution in [2.24, 2.45) is 0 Å². The highest BCUT2D eigenvalue weighted by atomic mass is 32.2. The van der Waals surface area contributed by atoms with Crippen LogP contribution in [0.1, 0.15) is 5.56 Å². The first-order chi connectivity index (χ1) is 15.2. The molecular weight excluding hydrogens is 404 g/mol. The standard InChI is InChI=1S/C26H18N2O2S/c27-18-19-7-6-8-20(17-19)24-11-4-5-12-25(24)31-23-15-13-21(14-16-23)28-26(29)30-22-9-2-1-3-10-22/h1-17H,(H,28,29). The number of amides is 1. The Morgan fingerprint density at radius 2 is 1.58 bits per heavy atom. The molecular formula is C26H18N2O2S. The van der Waals surface area contributed by atoms with Gasteiger partial charge in [0.15, 0.2) is 0 Å². The van der Waals surface area contributed by atoms with Crippen LogP contribution in [0.2, 0.25) is 0 Å². The average molecular weight is 423 g/mol. The fraction of sp³-hybridized carbons (Fsp3) is 0. The number of nitriles is 1. The number of nitrogens with zero attached hydrogens (tertiary/aromatic N) is 1. The molecule has 4 aromatic carbocycles. The van der Waals surface area contributed by atoms with Gasteiger partial charge in [-0.25, -0.2) is 4.79 Å². The number of nitrogens with one attached hydrogen (secondary N) is 1. The van der Waals surface area contributed by atoms with E-state index in [1.54, 1.807) is 30.0 Å². The molecule has 1 amide bonds. The Hall–Kier alpha value is -4.01. The van der Waals surface area contributed by atoms with Crippen LogP contribution in [0.4, 0.5) is 10.5 Å². The second-order valence-electron chi connectivity index (χ2n) is 6.64. The Morgan fingerprint density at radius 1 is 0.839 bits per heavy atom. The lowest BCUT2D eigenvalue weighted by atomic mass is 10.0. The molecule has 0 spiro atoms. The lowest BCUT2D eigenvalue weighted by Crippen LogP contribution is -2.16. The van der Waals surface area contributed by atoms with Crippen molar-refractivity contribution in [1.82, 2.24) is 0 Å². The fourth-order valence-corrected chi connectivity index (χ4v) is 3.99. The maximum atomic E-state index is 12.1. The van der Waals surface area contributed by atoms with Gasteiger partial charge in [-0.15, -0.1) is 0 Å². The summed E-state index contributed by atoms with van der Waals surface area (Å²) in [7, 11) is 0. The van der Waals surface area contributed by atoms with Gasteiger partial charge < -0.3 is 4.74 Å². The largest absolute Gasteiger partial charge is 0.417 e. The van der Waals surface area contributed by atoms with Gasteiger partial charge in [-0.2, -0.15) is 5.26 Å². The topological polar surface area (TPSA) is 62.1 Å². The molecule has 0 atom stereocenters. The Balaban J connectivity index is 1.46. The van der Waals surface area contributed by atoms with Crippen LogP contribution in [0, 0.1) is 11.3 Å². The molecule has 0 aliphatic rings.